The predicted octanol–water partition coefficient (Wildman–Crippen LogP) is 2.01. The van der Waals surface area contributed by atoms with Gasteiger partial charge in [-0.05, 0) is 32.5 Å². The van der Waals surface area contributed by atoms with Gasteiger partial charge in [0.05, 0.1) is 23.4 Å². The molecular weight excluding hydrogens is 290 g/mol. The summed E-state index contributed by atoms with van der Waals surface area (Å²) in [6.07, 6.45) is 1.55. The zero-order valence-corrected chi connectivity index (χ0v) is 13.6. The average Bonchev–Trinajstić information content (AvgIpc) is 2.72. The Morgan fingerprint density at radius 3 is 2.52 bits per heavy atom. The Hall–Kier alpha value is -1.27. The summed E-state index contributed by atoms with van der Waals surface area (Å²) in [6, 6.07) is 4.78. The van der Waals surface area contributed by atoms with Crippen molar-refractivity contribution in [2.24, 2.45) is 0 Å². The van der Waals surface area contributed by atoms with Crippen LogP contribution in [0.4, 0.5) is 0 Å². The molecule has 2 rings (SSSR count). The fraction of sp³-hybridized carbons (Fsp3) is 0.600. The van der Waals surface area contributed by atoms with Crippen molar-refractivity contribution in [1.29, 1.82) is 0 Å². The van der Waals surface area contributed by atoms with Gasteiger partial charge in [-0.3, -0.25) is 0 Å². The molecule has 1 aliphatic heterocycles. The van der Waals surface area contributed by atoms with Crippen LogP contribution in [0.25, 0.3) is 0 Å². The number of ether oxygens (including phenoxy) is 2. The van der Waals surface area contributed by atoms with E-state index >= 15 is 0 Å². The van der Waals surface area contributed by atoms with Crippen LogP contribution in [-0.2, 0) is 9.84 Å². The largest absolute Gasteiger partial charge is 0.490 e. The summed E-state index contributed by atoms with van der Waals surface area (Å²) in [5.74, 6) is 1.12. The third-order valence-electron chi connectivity index (χ3n) is 3.91. The quantitative estimate of drug-likeness (QED) is 0.901. The van der Waals surface area contributed by atoms with Gasteiger partial charge in [-0.2, -0.15) is 0 Å². The molecule has 21 heavy (non-hydrogen) atoms. The summed E-state index contributed by atoms with van der Waals surface area (Å²) >= 11 is 0. The van der Waals surface area contributed by atoms with Gasteiger partial charge in [-0.1, -0.05) is 6.92 Å². The van der Waals surface area contributed by atoms with Crippen molar-refractivity contribution in [3.05, 3.63) is 18.2 Å². The van der Waals surface area contributed by atoms with E-state index in [1.54, 1.807) is 32.2 Å². The highest BCUT2D eigenvalue weighted by atomic mass is 32.2. The molecule has 0 radical (unpaired) electrons. The summed E-state index contributed by atoms with van der Waals surface area (Å²) in [4.78, 5) is 0.285. The van der Waals surface area contributed by atoms with Gasteiger partial charge in [0.2, 0.25) is 0 Å². The molecule has 5 nitrogen and oxygen atoms in total. The minimum absolute atomic E-state index is 0.0778. The van der Waals surface area contributed by atoms with Crippen molar-refractivity contribution >= 4 is 9.84 Å². The van der Waals surface area contributed by atoms with Gasteiger partial charge in [0, 0.05) is 18.5 Å². The molecule has 0 fully saturated rings. The molecule has 0 amide bonds. The second-order valence-corrected chi connectivity index (χ2v) is 7.52. The molecule has 0 saturated heterocycles. The van der Waals surface area contributed by atoms with E-state index < -0.39 is 15.1 Å². The number of benzene rings is 1. The molecule has 6 heteroatoms. The predicted molar refractivity (Wildman–Crippen MR) is 81.8 cm³/mol. The normalized spacial score (nSPS) is 17.9. The topological polar surface area (TPSA) is 64.6 Å². The molecule has 1 aliphatic rings. The first-order valence-corrected chi connectivity index (χ1v) is 8.86. The minimum atomic E-state index is -3.41. The van der Waals surface area contributed by atoms with Gasteiger partial charge in [-0.15, -0.1) is 0 Å². The number of nitrogens with one attached hydrogen (secondary N) is 1. The standard InChI is InChI=1S/C15H23NO4S/c1-4-13(16-3)11(2)21(17,18)12-6-7-14-15(10-12)20-9-5-8-19-14/h6-7,10-11,13,16H,4-5,8-9H2,1-3H3. The molecule has 0 aliphatic carbocycles. The SMILES string of the molecule is CCC(NC)C(C)S(=O)(=O)c1ccc2c(c1)OCCCO2. The first-order valence-electron chi connectivity index (χ1n) is 7.31. The maximum atomic E-state index is 12.7. The summed E-state index contributed by atoms with van der Waals surface area (Å²) in [5, 5.41) is 2.56. The van der Waals surface area contributed by atoms with Crippen LogP contribution < -0.4 is 14.8 Å². The zero-order valence-electron chi connectivity index (χ0n) is 12.8. The fourth-order valence-corrected chi connectivity index (χ4v) is 4.24. The second kappa shape index (κ2) is 6.66. The van der Waals surface area contributed by atoms with E-state index in [1.807, 2.05) is 6.92 Å². The molecule has 2 atom stereocenters. The van der Waals surface area contributed by atoms with E-state index in [0.717, 1.165) is 12.8 Å². The highest BCUT2D eigenvalue weighted by Gasteiger charge is 2.30. The lowest BCUT2D eigenvalue weighted by Crippen LogP contribution is -2.40. The van der Waals surface area contributed by atoms with Crippen molar-refractivity contribution in [1.82, 2.24) is 5.32 Å². The highest BCUT2D eigenvalue weighted by molar-refractivity contribution is 7.92. The number of rotatable bonds is 5. The molecule has 0 saturated carbocycles. The van der Waals surface area contributed by atoms with E-state index in [2.05, 4.69) is 5.32 Å². The Bertz CT molecular complexity index is 581. The average molecular weight is 313 g/mol. The van der Waals surface area contributed by atoms with Gasteiger partial charge >= 0.3 is 0 Å². The van der Waals surface area contributed by atoms with Crippen molar-refractivity contribution in [3.63, 3.8) is 0 Å². The van der Waals surface area contributed by atoms with Crippen molar-refractivity contribution in [3.8, 4) is 11.5 Å². The number of fused-ring (bicyclic) bond motifs is 1. The smallest absolute Gasteiger partial charge is 0.182 e. The molecule has 1 N–H and O–H groups in total. The molecule has 0 bridgehead atoms. The molecule has 2 unspecified atom stereocenters. The molecule has 0 aromatic heterocycles. The summed E-state index contributed by atoms with van der Waals surface area (Å²) in [6.45, 7) is 4.84. The van der Waals surface area contributed by atoms with E-state index in [0.29, 0.717) is 24.7 Å². The van der Waals surface area contributed by atoms with E-state index in [4.69, 9.17) is 9.47 Å². The first-order chi connectivity index (χ1) is 10.0. The van der Waals surface area contributed by atoms with E-state index in [9.17, 15) is 8.42 Å². The lowest BCUT2D eigenvalue weighted by Gasteiger charge is -2.22. The van der Waals surface area contributed by atoms with Crippen molar-refractivity contribution in [2.45, 2.75) is 42.9 Å². The van der Waals surface area contributed by atoms with Crippen LogP contribution in [0.15, 0.2) is 23.1 Å². The Morgan fingerprint density at radius 1 is 1.24 bits per heavy atom. The highest BCUT2D eigenvalue weighted by Crippen LogP contribution is 2.33. The molecule has 118 valence electrons. The fourth-order valence-electron chi connectivity index (χ4n) is 2.52. The number of sulfone groups is 1. The van der Waals surface area contributed by atoms with Crippen LogP contribution in [-0.4, -0.2) is 40.0 Å². The van der Waals surface area contributed by atoms with Crippen molar-refractivity contribution < 1.29 is 17.9 Å². The summed E-state index contributed by atoms with van der Waals surface area (Å²) in [5.41, 5.74) is 0. The lowest BCUT2D eigenvalue weighted by molar-refractivity contribution is 0.297. The lowest BCUT2D eigenvalue weighted by atomic mass is 10.2. The third-order valence-corrected chi connectivity index (χ3v) is 6.13. The van der Waals surface area contributed by atoms with Crippen LogP contribution in [0, 0.1) is 0 Å². The Morgan fingerprint density at radius 2 is 1.90 bits per heavy atom. The minimum Gasteiger partial charge on any atom is -0.490 e. The molecular formula is C15H23NO4S. The van der Waals surface area contributed by atoms with Gasteiger partial charge in [0.25, 0.3) is 0 Å². The zero-order chi connectivity index (χ0) is 15.5. The van der Waals surface area contributed by atoms with Gasteiger partial charge in [-0.25, -0.2) is 8.42 Å². The summed E-state index contributed by atoms with van der Waals surface area (Å²) in [7, 11) is -1.62. The van der Waals surface area contributed by atoms with Crippen LogP contribution in [0.1, 0.15) is 26.7 Å². The third kappa shape index (κ3) is 3.32. The van der Waals surface area contributed by atoms with E-state index in [1.165, 1.54) is 0 Å². The Labute approximate surface area is 126 Å². The monoisotopic (exact) mass is 313 g/mol. The Kier molecular flexibility index (Phi) is 5.11. The number of hydrogen-bond donors (Lipinski definition) is 1. The van der Waals surface area contributed by atoms with Gasteiger partial charge in [0.1, 0.15) is 0 Å². The van der Waals surface area contributed by atoms with Gasteiger partial charge < -0.3 is 14.8 Å². The summed E-state index contributed by atoms with van der Waals surface area (Å²) < 4.78 is 36.6. The second-order valence-electron chi connectivity index (χ2n) is 5.21. The molecule has 1 aromatic rings. The molecule has 0 spiro atoms. The van der Waals surface area contributed by atoms with Crippen molar-refractivity contribution in [2.75, 3.05) is 20.3 Å². The maximum absolute atomic E-state index is 12.7. The van der Waals surface area contributed by atoms with Gasteiger partial charge in [0.15, 0.2) is 21.3 Å². The van der Waals surface area contributed by atoms with Crippen LogP contribution in [0.5, 0.6) is 11.5 Å². The van der Waals surface area contributed by atoms with Crippen LogP contribution >= 0.6 is 0 Å². The number of hydrogen-bond acceptors (Lipinski definition) is 5. The van der Waals surface area contributed by atoms with Crippen LogP contribution in [0.2, 0.25) is 0 Å². The van der Waals surface area contributed by atoms with E-state index in [-0.39, 0.29) is 10.9 Å². The molecule has 1 heterocycles. The first kappa shape index (κ1) is 16.1. The Balaban J connectivity index is 2.34. The molecule has 1 aromatic carbocycles. The van der Waals surface area contributed by atoms with Crippen LogP contribution in [0.3, 0.4) is 0 Å². The maximum Gasteiger partial charge on any atom is 0.182 e.